The zero-order valence-electron chi connectivity index (χ0n) is 12.5. The highest BCUT2D eigenvalue weighted by atomic mass is 16.7. The number of nitro groups is 1. The molecule has 0 aliphatic rings. The molecule has 0 radical (unpaired) electrons. The zero-order chi connectivity index (χ0) is 17.4. The molecule has 2 aromatic rings. The molecule has 122 valence electrons. The maximum absolute atomic E-state index is 11.6. The molecule has 0 fully saturated rings. The second kappa shape index (κ2) is 8.19. The Labute approximate surface area is 137 Å². The number of nitrogens with zero attached hydrogens (tertiary/aromatic N) is 1. The van der Waals surface area contributed by atoms with Crippen LogP contribution in [-0.2, 0) is 11.3 Å². The highest BCUT2D eigenvalue weighted by Crippen LogP contribution is 2.18. The molecule has 2 rings (SSSR count). The summed E-state index contributed by atoms with van der Waals surface area (Å²) in [5.41, 5.74) is 0.645. The minimum absolute atomic E-state index is 0.0151. The quantitative estimate of drug-likeness (QED) is 0.266. The van der Waals surface area contributed by atoms with Crippen molar-refractivity contribution < 1.29 is 23.9 Å². The van der Waals surface area contributed by atoms with Crippen LogP contribution in [0.1, 0.15) is 5.56 Å². The molecule has 0 heterocycles. The molecule has 0 aliphatic carbocycles. The van der Waals surface area contributed by atoms with E-state index in [4.69, 9.17) is 20.6 Å². The summed E-state index contributed by atoms with van der Waals surface area (Å²) >= 11 is 0. The average Bonchev–Trinajstić information content (AvgIpc) is 2.59. The van der Waals surface area contributed by atoms with Crippen LogP contribution in [0.25, 0.3) is 0 Å². The number of ether oxygens (including phenoxy) is 3. The Morgan fingerprint density at radius 2 is 1.71 bits per heavy atom. The predicted octanol–water partition coefficient (Wildman–Crippen LogP) is 3.32. The molecule has 2 aromatic carbocycles. The molecule has 0 amide bonds. The van der Waals surface area contributed by atoms with Crippen molar-refractivity contribution in [1.29, 1.82) is 0 Å². The lowest BCUT2D eigenvalue weighted by atomic mass is 10.2. The summed E-state index contributed by atoms with van der Waals surface area (Å²) < 4.78 is 15.1. The molecular weight excluding hydrogens is 314 g/mol. The fourth-order valence-electron chi connectivity index (χ4n) is 1.71. The zero-order valence-corrected chi connectivity index (χ0v) is 12.5. The first-order valence-corrected chi connectivity index (χ1v) is 6.83. The number of carbonyl (C=O) groups is 1. The Bertz CT molecular complexity index is 746. The third-order valence-electron chi connectivity index (χ3n) is 2.85. The summed E-state index contributed by atoms with van der Waals surface area (Å²) in [7, 11) is 0. The minimum atomic E-state index is -0.906. The minimum Gasteiger partial charge on any atom is -0.481 e. The van der Waals surface area contributed by atoms with Crippen LogP contribution in [0.5, 0.6) is 11.5 Å². The Balaban J connectivity index is 1.82. The molecule has 0 saturated heterocycles. The van der Waals surface area contributed by atoms with Gasteiger partial charge in [0.05, 0.1) is 4.92 Å². The van der Waals surface area contributed by atoms with Crippen molar-refractivity contribution in [2.24, 2.45) is 0 Å². The normalized spacial score (nSPS) is 9.62. The van der Waals surface area contributed by atoms with Gasteiger partial charge >= 0.3 is 6.16 Å². The average molecular weight is 327 g/mol. The maximum atomic E-state index is 11.6. The number of non-ortho nitro benzene ring substituents is 1. The first-order valence-electron chi connectivity index (χ1n) is 6.83. The molecule has 7 heteroatoms. The predicted molar refractivity (Wildman–Crippen MR) is 84.7 cm³/mol. The lowest BCUT2D eigenvalue weighted by Crippen LogP contribution is -2.10. The third kappa shape index (κ3) is 5.03. The van der Waals surface area contributed by atoms with Gasteiger partial charge in [-0.05, 0) is 29.8 Å². The molecule has 0 saturated carbocycles. The van der Waals surface area contributed by atoms with Crippen LogP contribution in [-0.4, -0.2) is 17.7 Å². The van der Waals surface area contributed by atoms with Gasteiger partial charge in [-0.3, -0.25) is 10.1 Å². The number of benzene rings is 2. The molecule has 0 N–H and O–H groups in total. The van der Waals surface area contributed by atoms with E-state index in [-0.39, 0.29) is 24.7 Å². The fourth-order valence-corrected chi connectivity index (χ4v) is 1.71. The van der Waals surface area contributed by atoms with Crippen molar-refractivity contribution in [2.75, 3.05) is 6.61 Å². The second-order valence-corrected chi connectivity index (χ2v) is 4.53. The van der Waals surface area contributed by atoms with Crippen molar-refractivity contribution in [2.45, 2.75) is 6.61 Å². The van der Waals surface area contributed by atoms with E-state index >= 15 is 0 Å². The molecule has 0 atom stereocenters. The van der Waals surface area contributed by atoms with Crippen LogP contribution in [0, 0.1) is 22.5 Å². The largest absolute Gasteiger partial charge is 0.514 e. The van der Waals surface area contributed by atoms with E-state index in [9.17, 15) is 14.9 Å². The van der Waals surface area contributed by atoms with Crippen molar-refractivity contribution in [3.63, 3.8) is 0 Å². The first kappa shape index (κ1) is 16.8. The third-order valence-corrected chi connectivity index (χ3v) is 2.85. The van der Waals surface area contributed by atoms with E-state index in [1.165, 1.54) is 24.3 Å². The molecule has 0 aliphatic heterocycles. The van der Waals surface area contributed by atoms with Crippen molar-refractivity contribution in [1.82, 2.24) is 0 Å². The summed E-state index contributed by atoms with van der Waals surface area (Å²) in [6, 6.07) is 12.0. The monoisotopic (exact) mass is 327 g/mol. The number of carbonyl (C=O) groups excluding carboxylic acids is 1. The summed E-state index contributed by atoms with van der Waals surface area (Å²) in [5.74, 6) is 3.13. The Kier molecular flexibility index (Phi) is 5.75. The van der Waals surface area contributed by atoms with Crippen LogP contribution < -0.4 is 9.47 Å². The van der Waals surface area contributed by atoms with Gasteiger partial charge in [0.2, 0.25) is 0 Å². The van der Waals surface area contributed by atoms with Crippen LogP contribution in [0.2, 0.25) is 0 Å². The standard InChI is InChI=1S/C17H13NO6/c1-2-11-22-15-7-3-13(4-8-15)12-23-17(19)24-16-9-5-14(6-10-16)18(20)21/h1,3-10H,11-12H2. The lowest BCUT2D eigenvalue weighted by Gasteiger charge is -2.07. The van der Waals surface area contributed by atoms with Gasteiger partial charge in [0.15, 0.2) is 0 Å². The summed E-state index contributed by atoms with van der Waals surface area (Å²) in [6.45, 7) is 0.193. The van der Waals surface area contributed by atoms with E-state index in [0.717, 1.165) is 5.56 Å². The number of hydrogen-bond donors (Lipinski definition) is 0. The molecule has 0 bridgehead atoms. The fraction of sp³-hybridized carbons (Fsp3) is 0.118. The molecule has 24 heavy (non-hydrogen) atoms. The van der Waals surface area contributed by atoms with E-state index in [1.807, 2.05) is 0 Å². The number of rotatable bonds is 6. The molecule has 0 spiro atoms. The SMILES string of the molecule is C#CCOc1ccc(COC(=O)Oc2ccc([N+](=O)[O-])cc2)cc1. The van der Waals surface area contributed by atoms with Gasteiger partial charge in [0.25, 0.3) is 5.69 Å². The van der Waals surface area contributed by atoms with Gasteiger partial charge in [0.1, 0.15) is 24.7 Å². The van der Waals surface area contributed by atoms with Crippen LogP contribution >= 0.6 is 0 Å². The molecular formula is C17H13NO6. The van der Waals surface area contributed by atoms with Crippen molar-refractivity contribution >= 4 is 11.8 Å². The van der Waals surface area contributed by atoms with Crippen molar-refractivity contribution in [3.8, 4) is 23.8 Å². The van der Waals surface area contributed by atoms with E-state index < -0.39 is 11.1 Å². The van der Waals surface area contributed by atoms with Crippen LogP contribution in [0.4, 0.5) is 10.5 Å². The summed E-state index contributed by atoms with van der Waals surface area (Å²) in [5, 5.41) is 10.5. The van der Waals surface area contributed by atoms with Crippen molar-refractivity contribution in [3.05, 3.63) is 64.2 Å². The number of hydrogen-bond acceptors (Lipinski definition) is 6. The first-order chi connectivity index (χ1) is 11.6. The van der Waals surface area contributed by atoms with Crippen LogP contribution in [0.15, 0.2) is 48.5 Å². The van der Waals surface area contributed by atoms with Gasteiger partial charge < -0.3 is 14.2 Å². The summed E-state index contributed by atoms with van der Waals surface area (Å²) in [6.07, 6.45) is 4.19. The summed E-state index contributed by atoms with van der Waals surface area (Å²) in [4.78, 5) is 21.6. The Hall–Kier alpha value is -3.53. The highest BCUT2D eigenvalue weighted by molar-refractivity contribution is 5.64. The molecule has 0 aromatic heterocycles. The van der Waals surface area contributed by atoms with Gasteiger partial charge in [0, 0.05) is 12.1 Å². The topological polar surface area (TPSA) is 87.9 Å². The van der Waals surface area contributed by atoms with E-state index in [0.29, 0.717) is 5.75 Å². The Morgan fingerprint density at radius 3 is 2.29 bits per heavy atom. The second-order valence-electron chi connectivity index (χ2n) is 4.53. The van der Waals surface area contributed by atoms with E-state index in [2.05, 4.69) is 5.92 Å². The number of nitro benzene ring substituents is 1. The van der Waals surface area contributed by atoms with Gasteiger partial charge in [-0.25, -0.2) is 4.79 Å². The molecule has 7 nitrogen and oxygen atoms in total. The van der Waals surface area contributed by atoms with Crippen LogP contribution in [0.3, 0.4) is 0 Å². The maximum Gasteiger partial charge on any atom is 0.514 e. The number of terminal acetylenes is 1. The van der Waals surface area contributed by atoms with E-state index in [1.54, 1.807) is 24.3 Å². The Morgan fingerprint density at radius 1 is 1.08 bits per heavy atom. The van der Waals surface area contributed by atoms with Gasteiger partial charge in [-0.2, -0.15) is 0 Å². The van der Waals surface area contributed by atoms with Gasteiger partial charge in [-0.15, -0.1) is 6.42 Å². The molecule has 0 unspecified atom stereocenters. The smallest absolute Gasteiger partial charge is 0.481 e. The highest BCUT2D eigenvalue weighted by Gasteiger charge is 2.09. The lowest BCUT2D eigenvalue weighted by molar-refractivity contribution is -0.384. The van der Waals surface area contributed by atoms with Gasteiger partial charge in [-0.1, -0.05) is 18.1 Å².